The molecule has 0 unspecified atom stereocenters. The number of ketones is 1. The predicted octanol–water partition coefficient (Wildman–Crippen LogP) is 3.75. The first kappa shape index (κ1) is 19.9. The molecule has 1 aromatic rings. The van der Waals surface area contributed by atoms with Crippen LogP contribution >= 0.6 is 0 Å². The molecule has 24 heavy (non-hydrogen) atoms. The van der Waals surface area contributed by atoms with E-state index in [1.165, 1.54) is 0 Å². The molecule has 0 radical (unpaired) electrons. The Bertz CT molecular complexity index is 666. The SMILES string of the molecule is CC(=O)C=C(O)C(F)(F)C(F)(F)C(F)(F)C(F)(F)c1cc(C)[nH]n1. The summed E-state index contributed by atoms with van der Waals surface area (Å²) in [5.74, 6) is -29.5. The van der Waals surface area contributed by atoms with Gasteiger partial charge in [0.25, 0.3) is 0 Å². The van der Waals surface area contributed by atoms with Gasteiger partial charge in [0.05, 0.1) is 0 Å². The second kappa shape index (κ2) is 5.74. The van der Waals surface area contributed by atoms with Crippen LogP contribution < -0.4 is 0 Å². The highest BCUT2D eigenvalue weighted by Gasteiger charge is 2.82. The molecule has 0 aliphatic rings. The molecule has 0 saturated heterocycles. The van der Waals surface area contributed by atoms with E-state index >= 15 is 0 Å². The summed E-state index contributed by atoms with van der Waals surface area (Å²) in [7, 11) is 0. The molecule has 1 aromatic heterocycles. The average Bonchev–Trinajstić information content (AvgIpc) is 2.84. The molecule has 4 nitrogen and oxygen atoms in total. The summed E-state index contributed by atoms with van der Waals surface area (Å²) in [5.41, 5.74) is -2.11. The fourth-order valence-corrected chi connectivity index (χ4v) is 1.58. The van der Waals surface area contributed by atoms with E-state index in [-0.39, 0.29) is 11.8 Å². The minimum absolute atomic E-state index is 0.213. The topological polar surface area (TPSA) is 66.0 Å². The van der Waals surface area contributed by atoms with E-state index in [1.807, 2.05) is 0 Å². The van der Waals surface area contributed by atoms with Crippen molar-refractivity contribution in [3.05, 3.63) is 29.3 Å². The van der Waals surface area contributed by atoms with Crippen molar-refractivity contribution in [2.75, 3.05) is 0 Å². The lowest BCUT2D eigenvalue weighted by molar-refractivity contribution is -0.367. The predicted molar refractivity (Wildman–Crippen MR) is 63.5 cm³/mol. The molecule has 0 saturated carbocycles. The number of aromatic nitrogens is 2. The highest BCUT2D eigenvalue weighted by molar-refractivity contribution is 5.87. The summed E-state index contributed by atoms with van der Waals surface area (Å²) in [6, 6.07) is 0.271. The number of rotatable bonds is 6. The lowest BCUT2D eigenvalue weighted by Crippen LogP contribution is -2.61. The first-order valence-electron chi connectivity index (χ1n) is 6.04. The van der Waals surface area contributed by atoms with Crippen LogP contribution in [0, 0.1) is 6.92 Å². The van der Waals surface area contributed by atoms with Crippen LogP contribution in [-0.4, -0.2) is 38.9 Å². The minimum Gasteiger partial charge on any atom is -0.506 e. The van der Waals surface area contributed by atoms with E-state index < -0.39 is 47.0 Å². The molecule has 0 atom stereocenters. The number of hydrogen-bond acceptors (Lipinski definition) is 3. The lowest BCUT2D eigenvalue weighted by atomic mass is 9.95. The van der Waals surface area contributed by atoms with E-state index in [1.54, 1.807) is 5.10 Å². The first-order valence-corrected chi connectivity index (χ1v) is 6.04. The van der Waals surface area contributed by atoms with Gasteiger partial charge >= 0.3 is 23.7 Å². The number of aliphatic hydroxyl groups excluding tert-OH is 1. The number of carbonyl (C=O) groups excluding carboxylic acids is 1. The summed E-state index contributed by atoms with van der Waals surface area (Å²) in [5, 5.41) is 13.3. The Morgan fingerprint density at radius 1 is 1.12 bits per heavy atom. The molecule has 0 bridgehead atoms. The number of aryl methyl sites for hydroxylation is 1. The second-order valence-corrected chi connectivity index (χ2v) is 4.87. The van der Waals surface area contributed by atoms with Gasteiger partial charge in [-0.15, -0.1) is 0 Å². The maximum atomic E-state index is 13.7. The fourth-order valence-electron chi connectivity index (χ4n) is 1.58. The van der Waals surface area contributed by atoms with Gasteiger partial charge in [0, 0.05) is 11.8 Å². The average molecular weight is 366 g/mol. The zero-order valence-electron chi connectivity index (χ0n) is 12.0. The Morgan fingerprint density at radius 2 is 1.62 bits per heavy atom. The maximum absolute atomic E-state index is 13.7. The van der Waals surface area contributed by atoms with E-state index in [0.717, 1.165) is 6.92 Å². The largest absolute Gasteiger partial charge is 0.506 e. The van der Waals surface area contributed by atoms with Crippen molar-refractivity contribution < 1.29 is 45.0 Å². The third-order valence-electron chi connectivity index (χ3n) is 2.87. The highest BCUT2D eigenvalue weighted by atomic mass is 19.4. The second-order valence-electron chi connectivity index (χ2n) is 4.87. The normalized spacial score (nSPS) is 14.8. The molecular weight excluding hydrogens is 356 g/mol. The summed E-state index contributed by atoms with van der Waals surface area (Å²) in [6.07, 6.45) is -0.471. The molecule has 0 aromatic carbocycles. The van der Waals surface area contributed by atoms with E-state index in [0.29, 0.717) is 6.92 Å². The monoisotopic (exact) mass is 366 g/mol. The van der Waals surface area contributed by atoms with Gasteiger partial charge < -0.3 is 5.11 Å². The molecule has 0 aliphatic heterocycles. The van der Waals surface area contributed by atoms with Gasteiger partial charge in [-0.2, -0.15) is 40.2 Å². The molecule has 1 heterocycles. The van der Waals surface area contributed by atoms with Gasteiger partial charge in [-0.3, -0.25) is 9.89 Å². The molecule has 12 heteroatoms. The zero-order valence-corrected chi connectivity index (χ0v) is 12.0. The number of aromatic amines is 1. The standard InChI is InChI=1S/C12H10F8N2O2/c1-5-3-7(22-21-5)9(13,14)11(17,18)12(19,20)10(15,16)8(24)4-6(2)23/h3-4,24H,1-2H3,(H,21,22). The van der Waals surface area contributed by atoms with Crippen LogP contribution in [0.15, 0.2) is 17.9 Å². The molecule has 0 fully saturated rings. The number of nitrogens with one attached hydrogen (secondary N) is 1. The summed E-state index contributed by atoms with van der Waals surface area (Å²) >= 11 is 0. The van der Waals surface area contributed by atoms with E-state index in [4.69, 9.17) is 5.11 Å². The van der Waals surface area contributed by atoms with Gasteiger partial charge in [0.2, 0.25) is 0 Å². The highest BCUT2D eigenvalue weighted by Crippen LogP contribution is 2.57. The van der Waals surface area contributed by atoms with Gasteiger partial charge in [-0.25, -0.2) is 0 Å². The van der Waals surface area contributed by atoms with Crippen molar-refractivity contribution in [3.63, 3.8) is 0 Å². The lowest BCUT2D eigenvalue weighted by Gasteiger charge is -2.35. The third kappa shape index (κ3) is 2.84. The molecule has 136 valence electrons. The van der Waals surface area contributed by atoms with Crippen molar-refractivity contribution in [1.82, 2.24) is 10.2 Å². The van der Waals surface area contributed by atoms with Gasteiger partial charge in [-0.1, -0.05) is 0 Å². The van der Waals surface area contributed by atoms with Crippen molar-refractivity contribution >= 4 is 5.78 Å². The smallest absolute Gasteiger partial charge is 0.386 e. The maximum Gasteiger partial charge on any atom is 0.386 e. The Morgan fingerprint density at radius 3 is 2.00 bits per heavy atom. The molecule has 0 spiro atoms. The number of nitrogens with zero attached hydrogens (tertiary/aromatic N) is 1. The summed E-state index contributed by atoms with van der Waals surface area (Å²) in [6.45, 7) is 1.63. The molecule has 1 rings (SSSR count). The Balaban J connectivity index is 3.45. The number of hydrogen-bond donors (Lipinski definition) is 2. The Labute approximate surface area is 129 Å². The van der Waals surface area contributed by atoms with Gasteiger partial charge in [-0.05, 0) is 19.9 Å². The Hall–Kier alpha value is -2.14. The van der Waals surface area contributed by atoms with Crippen molar-refractivity contribution in [2.45, 2.75) is 37.5 Å². The minimum atomic E-state index is -6.74. The van der Waals surface area contributed by atoms with Crippen molar-refractivity contribution in [3.8, 4) is 0 Å². The molecule has 0 amide bonds. The van der Waals surface area contributed by atoms with Gasteiger partial charge in [0.1, 0.15) is 5.69 Å². The van der Waals surface area contributed by atoms with E-state index in [2.05, 4.69) is 5.10 Å². The number of carbonyl (C=O) groups is 1. The first-order chi connectivity index (χ1) is 10.6. The third-order valence-corrected chi connectivity index (χ3v) is 2.87. The van der Waals surface area contributed by atoms with E-state index in [9.17, 15) is 39.9 Å². The zero-order chi connectivity index (χ0) is 19.1. The van der Waals surface area contributed by atoms with Crippen LogP contribution in [0.1, 0.15) is 18.3 Å². The van der Waals surface area contributed by atoms with Crippen LogP contribution in [0.2, 0.25) is 0 Å². The van der Waals surface area contributed by atoms with Crippen LogP contribution in [-0.2, 0) is 10.7 Å². The van der Waals surface area contributed by atoms with Crippen molar-refractivity contribution in [2.24, 2.45) is 0 Å². The molecular formula is C12H10F8N2O2. The number of alkyl halides is 8. The van der Waals surface area contributed by atoms with Crippen molar-refractivity contribution in [1.29, 1.82) is 0 Å². The quantitative estimate of drug-likeness (QED) is 0.458. The molecule has 0 aliphatic carbocycles. The number of allylic oxidation sites excluding steroid dienone is 2. The number of halogens is 8. The van der Waals surface area contributed by atoms with Crippen LogP contribution in [0.4, 0.5) is 35.1 Å². The van der Waals surface area contributed by atoms with Crippen LogP contribution in [0.3, 0.4) is 0 Å². The number of aliphatic hydroxyl groups is 1. The number of H-pyrrole nitrogens is 1. The van der Waals surface area contributed by atoms with Gasteiger partial charge in [0.15, 0.2) is 11.5 Å². The fraction of sp³-hybridized carbons (Fsp3) is 0.500. The summed E-state index contributed by atoms with van der Waals surface area (Å²) in [4.78, 5) is 10.5. The van der Waals surface area contributed by atoms with Crippen LogP contribution in [0.25, 0.3) is 0 Å². The Kier molecular flexibility index (Phi) is 4.76. The summed E-state index contributed by atoms with van der Waals surface area (Å²) < 4.78 is 109. The van der Waals surface area contributed by atoms with Crippen LogP contribution in [0.5, 0.6) is 0 Å². The molecule has 2 N–H and O–H groups in total.